The summed E-state index contributed by atoms with van der Waals surface area (Å²) in [6, 6.07) is 14.9. The molecule has 2 aliphatic rings. The maximum absolute atomic E-state index is 14.1. The van der Waals surface area contributed by atoms with E-state index in [1.807, 2.05) is 47.5 Å². The van der Waals surface area contributed by atoms with Crippen molar-refractivity contribution in [1.82, 2.24) is 14.8 Å². The highest BCUT2D eigenvalue weighted by molar-refractivity contribution is 5.98. The molecule has 0 bridgehead atoms. The minimum absolute atomic E-state index is 0.121. The minimum atomic E-state index is -0.129. The molecule has 1 atom stereocenters. The van der Waals surface area contributed by atoms with Gasteiger partial charge in [-0.05, 0) is 56.1 Å². The Bertz CT molecular complexity index is 1050. The lowest BCUT2D eigenvalue weighted by atomic mass is 9.79. The maximum atomic E-state index is 14.1. The molecule has 2 fully saturated rings. The number of amides is 1. The van der Waals surface area contributed by atoms with Crippen LogP contribution in [-0.4, -0.2) is 46.9 Å². The number of piperidine rings is 1. The van der Waals surface area contributed by atoms with Crippen molar-refractivity contribution in [3.8, 4) is 0 Å². The van der Waals surface area contributed by atoms with Crippen LogP contribution in [0.3, 0.4) is 0 Å². The van der Waals surface area contributed by atoms with Crippen molar-refractivity contribution in [2.24, 2.45) is 5.41 Å². The number of aromatic nitrogens is 1. The van der Waals surface area contributed by atoms with Crippen molar-refractivity contribution in [3.05, 3.63) is 71.7 Å². The van der Waals surface area contributed by atoms with Gasteiger partial charge in [0.15, 0.2) is 0 Å². The van der Waals surface area contributed by atoms with Gasteiger partial charge >= 0.3 is 0 Å². The van der Waals surface area contributed by atoms with Crippen molar-refractivity contribution in [2.45, 2.75) is 25.8 Å². The highest BCUT2D eigenvalue weighted by Gasteiger charge is 2.42. The van der Waals surface area contributed by atoms with Crippen LogP contribution < -0.4 is 0 Å². The van der Waals surface area contributed by atoms with Crippen LogP contribution in [0.4, 0.5) is 4.39 Å². The van der Waals surface area contributed by atoms with Gasteiger partial charge in [0.2, 0.25) is 0 Å². The fourth-order valence-corrected chi connectivity index (χ4v) is 5.12. The predicted octanol–water partition coefficient (Wildman–Crippen LogP) is 4.44. The number of hydrogen-bond acceptors (Lipinski definition) is 2. The van der Waals surface area contributed by atoms with Crippen LogP contribution in [-0.2, 0) is 6.54 Å². The van der Waals surface area contributed by atoms with Crippen LogP contribution in [0.25, 0.3) is 10.9 Å². The molecule has 150 valence electrons. The van der Waals surface area contributed by atoms with Crippen molar-refractivity contribution in [3.63, 3.8) is 0 Å². The molecule has 1 aromatic heterocycles. The van der Waals surface area contributed by atoms with Crippen LogP contribution in [0.2, 0.25) is 0 Å². The fourth-order valence-electron chi connectivity index (χ4n) is 5.12. The lowest BCUT2D eigenvalue weighted by Gasteiger charge is -2.40. The molecule has 1 spiro atoms. The largest absolute Gasteiger partial charge is 0.361 e. The SMILES string of the molecule is O=C(c1ccc2[nH]ccc2c1)N1CC[C@@]2(CCCN(Cc3ccccc3F)C2)C1. The summed E-state index contributed by atoms with van der Waals surface area (Å²) in [7, 11) is 0. The predicted molar refractivity (Wildman–Crippen MR) is 112 cm³/mol. The highest BCUT2D eigenvalue weighted by atomic mass is 19.1. The van der Waals surface area contributed by atoms with Gasteiger partial charge in [-0.3, -0.25) is 9.69 Å². The van der Waals surface area contributed by atoms with E-state index in [4.69, 9.17) is 0 Å². The number of nitrogens with one attached hydrogen (secondary N) is 1. The molecule has 29 heavy (non-hydrogen) atoms. The zero-order valence-electron chi connectivity index (χ0n) is 16.5. The molecule has 0 saturated carbocycles. The molecular formula is C24H26FN3O. The monoisotopic (exact) mass is 391 g/mol. The third-order valence-corrected chi connectivity index (χ3v) is 6.62. The number of aromatic amines is 1. The van der Waals surface area contributed by atoms with E-state index in [0.29, 0.717) is 6.54 Å². The molecule has 0 radical (unpaired) electrons. The Balaban J connectivity index is 1.28. The Labute approximate surface area is 170 Å². The van der Waals surface area contributed by atoms with Crippen LogP contribution in [0.15, 0.2) is 54.7 Å². The van der Waals surface area contributed by atoms with E-state index in [1.54, 1.807) is 6.07 Å². The van der Waals surface area contributed by atoms with Crippen LogP contribution >= 0.6 is 0 Å². The molecule has 2 saturated heterocycles. The normalized spacial score (nSPS) is 22.6. The second-order valence-corrected chi connectivity index (χ2v) is 8.66. The summed E-state index contributed by atoms with van der Waals surface area (Å²) in [6.45, 7) is 4.17. The number of carbonyl (C=O) groups is 1. The second-order valence-electron chi connectivity index (χ2n) is 8.66. The highest BCUT2D eigenvalue weighted by Crippen LogP contribution is 2.40. The van der Waals surface area contributed by atoms with E-state index in [0.717, 1.165) is 67.5 Å². The van der Waals surface area contributed by atoms with E-state index in [1.165, 1.54) is 6.07 Å². The first-order valence-electron chi connectivity index (χ1n) is 10.4. The number of hydrogen-bond donors (Lipinski definition) is 1. The summed E-state index contributed by atoms with van der Waals surface area (Å²) < 4.78 is 14.1. The summed E-state index contributed by atoms with van der Waals surface area (Å²) in [4.78, 5) is 20.7. The molecule has 5 heteroatoms. The average molecular weight is 391 g/mol. The second kappa shape index (κ2) is 7.30. The topological polar surface area (TPSA) is 39.3 Å². The van der Waals surface area contributed by atoms with Crippen LogP contribution in [0, 0.1) is 11.2 Å². The zero-order chi connectivity index (χ0) is 19.8. The number of nitrogens with zero attached hydrogens (tertiary/aromatic N) is 2. The van der Waals surface area contributed by atoms with Gasteiger partial charge in [-0.2, -0.15) is 0 Å². The van der Waals surface area contributed by atoms with Gasteiger partial charge in [-0.15, -0.1) is 0 Å². The van der Waals surface area contributed by atoms with Gasteiger partial charge in [0.05, 0.1) is 0 Å². The van der Waals surface area contributed by atoms with E-state index >= 15 is 0 Å². The van der Waals surface area contributed by atoms with Crippen LogP contribution in [0.1, 0.15) is 35.2 Å². The Morgan fingerprint density at radius 1 is 1.07 bits per heavy atom. The third kappa shape index (κ3) is 3.55. The van der Waals surface area contributed by atoms with E-state index in [9.17, 15) is 9.18 Å². The Hall–Kier alpha value is -2.66. The summed E-state index contributed by atoms with van der Waals surface area (Å²) in [5, 5.41) is 1.07. The Kier molecular flexibility index (Phi) is 4.63. The molecule has 0 aliphatic carbocycles. The van der Waals surface area contributed by atoms with Gasteiger partial charge in [0.25, 0.3) is 5.91 Å². The maximum Gasteiger partial charge on any atom is 0.253 e. The van der Waals surface area contributed by atoms with Crippen molar-refractivity contribution in [2.75, 3.05) is 26.2 Å². The fraction of sp³-hybridized carbons (Fsp3) is 0.375. The average Bonchev–Trinajstić information content (AvgIpc) is 3.36. The zero-order valence-corrected chi connectivity index (χ0v) is 16.5. The van der Waals surface area contributed by atoms with Crippen molar-refractivity contribution in [1.29, 1.82) is 0 Å². The quantitative estimate of drug-likeness (QED) is 0.717. The number of rotatable bonds is 3. The third-order valence-electron chi connectivity index (χ3n) is 6.62. The summed E-state index contributed by atoms with van der Waals surface area (Å²) in [5.74, 6) is -0.00768. The summed E-state index contributed by atoms with van der Waals surface area (Å²) in [6.07, 6.45) is 5.17. The molecular weight excluding hydrogens is 365 g/mol. The molecule has 1 amide bonds. The lowest BCUT2D eigenvalue weighted by molar-refractivity contribution is 0.0673. The molecule has 1 N–H and O–H groups in total. The van der Waals surface area contributed by atoms with Gasteiger partial charge < -0.3 is 9.88 Å². The number of H-pyrrole nitrogens is 1. The molecule has 4 nitrogen and oxygen atoms in total. The smallest absolute Gasteiger partial charge is 0.253 e. The molecule has 5 rings (SSSR count). The van der Waals surface area contributed by atoms with Gasteiger partial charge in [0, 0.05) is 59.8 Å². The Morgan fingerprint density at radius 2 is 1.97 bits per heavy atom. The van der Waals surface area contributed by atoms with Gasteiger partial charge in [0.1, 0.15) is 5.82 Å². The number of carbonyl (C=O) groups excluding carboxylic acids is 1. The van der Waals surface area contributed by atoms with Crippen molar-refractivity contribution >= 4 is 16.8 Å². The lowest BCUT2D eigenvalue weighted by Crippen LogP contribution is -2.45. The number of likely N-dealkylation sites (tertiary alicyclic amines) is 2. The van der Waals surface area contributed by atoms with Crippen LogP contribution in [0.5, 0.6) is 0 Å². The number of halogens is 1. The van der Waals surface area contributed by atoms with E-state index in [-0.39, 0.29) is 17.1 Å². The number of benzene rings is 2. The molecule has 3 aromatic rings. The molecule has 0 unspecified atom stereocenters. The molecule has 2 aliphatic heterocycles. The first kappa shape index (κ1) is 18.4. The molecule has 3 heterocycles. The standard InChI is InChI=1S/C24H26FN3O/c25-21-5-2-1-4-20(21)15-27-12-3-9-24(16-27)10-13-28(17-24)23(29)19-6-7-22-18(14-19)8-11-26-22/h1-2,4-8,11,14,26H,3,9-10,12-13,15-17H2/t24-/m1/s1. The molecule has 2 aromatic carbocycles. The van der Waals surface area contributed by atoms with E-state index in [2.05, 4.69) is 9.88 Å². The summed E-state index contributed by atoms with van der Waals surface area (Å²) in [5.41, 5.74) is 2.70. The first-order valence-corrected chi connectivity index (χ1v) is 10.4. The van der Waals surface area contributed by atoms with Gasteiger partial charge in [-0.1, -0.05) is 18.2 Å². The minimum Gasteiger partial charge on any atom is -0.361 e. The first-order chi connectivity index (χ1) is 14.1. The summed E-state index contributed by atoms with van der Waals surface area (Å²) >= 11 is 0. The Morgan fingerprint density at radius 3 is 2.86 bits per heavy atom. The van der Waals surface area contributed by atoms with E-state index < -0.39 is 0 Å². The van der Waals surface area contributed by atoms with Crippen molar-refractivity contribution < 1.29 is 9.18 Å². The number of fused-ring (bicyclic) bond motifs is 1. The van der Waals surface area contributed by atoms with Gasteiger partial charge in [-0.25, -0.2) is 4.39 Å².